The summed E-state index contributed by atoms with van der Waals surface area (Å²) in [4.78, 5) is 26.7. The summed E-state index contributed by atoms with van der Waals surface area (Å²) in [5.74, 6) is 0.0506. The molecular weight excluding hydrogens is 325 g/mol. The van der Waals surface area contributed by atoms with E-state index in [0.717, 1.165) is 25.7 Å². The number of hydrogen-bond acceptors (Lipinski definition) is 3. The second-order valence-corrected chi connectivity index (χ2v) is 6.49. The van der Waals surface area contributed by atoms with Crippen LogP contribution in [0.15, 0.2) is 0 Å². The Balaban J connectivity index is 1.70. The van der Waals surface area contributed by atoms with E-state index in [9.17, 15) is 22.8 Å². The van der Waals surface area contributed by atoms with E-state index in [1.165, 1.54) is 4.90 Å². The summed E-state index contributed by atoms with van der Waals surface area (Å²) >= 11 is 0. The van der Waals surface area contributed by atoms with Crippen molar-refractivity contribution >= 4 is 11.9 Å². The molecule has 2 fully saturated rings. The fraction of sp³-hybridized carbons (Fsp3) is 0.867. The van der Waals surface area contributed by atoms with Crippen LogP contribution in [0.4, 0.5) is 18.0 Å². The molecule has 6 nitrogen and oxygen atoms in total. The molecule has 9 heteroatoms. The molecule has 138 valence electrons. The fourth-order valence-electron chi connectivity index (χ4n) is 3.33. The van der Waals surface area contributed by atoms with Crippen molar-refractivity contribution in [1.82, 2.24) is 20.4 Å². The van der Waals surface area contributed by atoms with Gasteiger partial charge in [0.2, 0.25) is 5.91 Å². The molecule has 1 heterocycles. The lowest BCUT2D eigenvalue weighted by atomic mass is 9.85. The van der Waals surface area contributed by atoms with E-state index < -0.39 is 12.7 Å². The molecule has 2 N–H and O–H groups in total. The molecule has 0 aromatic carbocycles. The number of urea groups is 1. The zero-order chi connectivity index (χ0) is 17.7. The topological polar surface area (TPSA) is 64.7 Å². The minimum absolute atomic E-state index is 0.00839. The highest BCUT2D eigenvalue weighted by Crippen LogP contribution is 2.24. The minimum atomic E-state index is -4.20. The van der Waals surface area contributed by atoms with Crippen molar-refractivity contribution < 1.29 is 22.8 Å². The Bertz CT molecular complexity index is 442. The Morgan fingerprint density at radius 1 is 1.04 bits per heavy atom. The lowest BCUT2D eigenvalue weighted by molar-refractivity contribution is -0.148. The van der Waals surface area contributed by atoms with E-state index in [0.29, 0.717) is 13.1 Å². The van der Waals surface area contributed by atoms with Crippen LogP contribution in [0.3, 0.4) is 0 Å². The summed E-state index contributed by atoms with van der Waals surface area (Å²) in [7, 11) is 1.62. The van der Waals surface area contributed by atoms with Crippen molar-refractivity contribution in [2.75, 3.05) is 39.8 Å². The quantitative estimate of drug-likeness (QED) is 0.803. The number of piperazine rings is 1. The minimum Gasteiger partial charge on any atom is -0.359 e. The number of alkyl halides is 3. The largest absolute Gasteiger partial charge is 0.401 e. The standard InChI is InChI=1S/C15H25F3N4O2/c1-19-13(23)11-2-4-12(5-3-11)20-14(24)22-8-6-21(7-9-22)10-15(16,17)18/h11-12H,2-10H2,1H3,(H,19,23)(H,20,24). The first-order chi connectivity index (χ1) is 11.3. The molecule has 0 atom stereocenters. The monoisotopic (exact) mass is 350 g/mol. The molecule has 0 unspecified atom stereocenters. The number of carbonyl (C=O) groups excluding carboxylic acids is 2. The van der Waals surface area contributed by atoms with Gasteiger partial charge in [0, 0.05) is 45.2 Å². The van der Waals surface area contributed by atoms with E-state index in [1.54, 1.807) is 11.9 Å². The van der Waals surface area contributed by atoms with Gasteiger partial charge >= 0.3 is 12.2 Å². The number of nitrogens with zero attached hydrogens (tertiary/aromatic N) is 2. The highest BCUT2D eigenvalue weighted by molar-refractivity contribution is 5.78. The van der Waals surface area contributed by atoms with E-state index in [2.05, 4.69) is 10.6 Å². The number of rotatable bonds is 3. The van der Waals surface area contributed by atoms with Gasteiger partial charge in [-0.25, -0.2) is 4.79 Å². The molecule has 0 radical (unpaired) electrons. The van der Waals surface area contributed by atoms with Gasteiger partial charge < -0.3 is 15.5 Å². The van der Waals surface area contributed by atoms with Gasteiger partial charge in [-0.05, 0) is 25.7 Å². The van der Waals surface area contributed by atoms with Gasteiger partial charge in [0.25, 0.3) is 0 Å². The molecule has 0 bridgehead atoms. The maximum Gasteiger partial charge on any atom is 0.401 e. The van der Waals surface area contributed by atoms with Gasteiger partial charge in [0.05, 0.1) is 6.54 Å². The van der Waals surface area contributed by atoms with Crippen LogP contribution in [0.5, 0.6) is 0 Å². The van der Waals surface area contributed by atoms with Crippen molar-refractivity contribution in [3.8, 4) is 0 Å². The SMILES string of the molecule is CNC(=O)C1CCC(NC(=O)N2CCN(CC(F)(F)F)CC2)CC1. The first kappa shape index (κ1) is 18.8. The summed E-state index contributed by atoms with van der Waals surface area (Å²) in [6.45, 7) is 0.143. The molecule has 1 aliphatic heterocycles. The third kappa shape index (κ3) is 5.54. The Morgan fingerprint density at radius 3 is 2.12 bits per heavy atom. The van der Waals surface area contributed by atoms with E-state index in [-0.39, 0.29) is 37.0 Å². The highest BCUT2D eigenvalue weighted by atomic mass is 19.4. The number of carbonyl (C=O) groups is 2. The number of nitrogens with one attached hydrogen (secondary N) is 2. The molecular formula is C15H25F3N4O2. The molecule has 0 spiro atoms. The summed E-state index contributed by atoms with van der Waals surface area (Å²) in [6, 6.07) is -0.184. The molecule has 3 amide bonds. The van der Waals surface area contributed by atoms with Gasteiger partial charge in [-0.2, -0.15) is 13.2 Å². The van der Waals surface area contributed by atoms with Crippen LogP contribution in [-0.4, -0.2) is 73.7 Å². The summed E-state index contributed by atoms with van der Waals surface area (Å²) in [6.07, 6.45) is -1.22. The predicted octanol–water partition coefficient (Wildman–Crippen LogP) is 1.18. The van der Waals surface area contributed by atoms with Crippen molar-refractivity contribution in [1.29, 1.82) is 0 Å². The highest BCUT2D eigenvalue weighted by Gasteiger charge is 2.33. The second-order valence-electron chi connectivity index (χ2n) is 6.49. The van der Waals surface area contributed by atoms with E-state index in [1.807, 2.05) is 0 Å². The molecule has 24 heavy (non-hydrogen) atoms. The van der Waals surface area contributed by atoms with E-state index >= 15 is 0 Å². The van der Waals surface area contributed by atoms with Crippen molar-refractivity contribution in [2.45, 2.75) is 37.9 Å². The van der Waals surface area contributed by atoms with Gasteiger partial charge in [0.1, 0.15) is 0 Å². The maximum absolute atomic E-state index is 12.4. The molecule has 2 aliphatic rings. The summed E-state index contributed by atoms with van der Waals surface area (Å²) < 4.78 is 37.1. The Hall–Kier alpha value is -1.51. The maximum atomic E-state index is 12.4. The van der Waals surface area contributed by atoms with Gasteiger partial charge in [0.15, 0.2) is 0 Å². The number of amides is 3. The van der Waals surface area contributed by atoms with Crippen LogP contribution in [0.25, 0.3) is 0 Å². The van der Waals surface area contributed by atoms with E-state index in [4.69, 9.17) is 0 Å². The molecule has 2 rings (SSSR count). The lowest BCUT2D eigenvalue weighted by Crippen LogP contribution is -2.55. The van der Waals surface area contributed by atoms with Gasteiger partial charge in [-0.15, -0.1) is 0 Å². The first-order valence-electron chi connectivity index (χ1n) is 8.34. The Labute approximate surface area is 139 Å². The molecule has 0 aromatic rings. The predicted molar refractivity (Wildman–Crippen MR) is 82.4 cm³/mol. The fourth-order valence-corrected chi connectivity index (χ4v) is 3.33. The smallest absolute Gasteiger partial charge is 0.359 e. The zero-order valence-corrected chi connectivity index (χ0v) is 13.9. The second kappa shape index (κ2) is 8.04. The first-order valence-corrected chi connectivity index (χ1v) is 8.34. The number of hydrogen-bond donors (Lipinski definition) is 2. The molecule has 0 aromatic heterocycles. The van der Waals surface area contributed by atoms with Crippen LogP contribution in [0.1, 0.15) is 25.7 Å². The average molecular weight is 350 g/mol. The van der Waals surface area contributed by atoms with Crippen LogP contribution < -0.4 is 10.6 Å². The number of halogens is 3. The average Bonchev–Trinajstić information content (AvgIpc) is 2.54. The molecule has 1 saturated carbocycles. The Kier molecular flexibility index (Phi) is 6.31. The van der Waals surface area contributed by atoms with Crippen LogP contribution in [-0.2, 0) is 4.79 Å². The van der Waals surface area contributed by atoms with Crippen molar-refractivity contribution in [3.05, 3.63) is 0 Å². The van der Waals surface area contributed by atoms with Gasteiger partial charge in [-0.1, -0.05) is 0 Å². The zero-order valence-electron chi connectivity index (χ0n) is 13.9. The lowest BCUT2D eigenvalue weighted by Gasteiger charge is -2.36. The third-order valence-electron chi connectivity index (χ3n) is 4.73. The summed E-state index contributed by atoms with van der Waals surface area (Å²) in [5.41, 5.74) is 0. The van der Waals surface area contributed by atoms with Crippen molar-refractivity contribution in [3.63, 3.8) is 0 Å². The van der Waals surface area contributed by atoms with Crippen LogP contribution >= 0.6 is 0 Å². The van der Waals surface area contributed by atoms with Crippen molar-refractivity contribution in [2.24, 2.45) is 5.92 Å². The third-order valence-corrected chi connectivity index (χ3v) is 4.73. The van der Waals surface area contributed by atoms with Crippen LogP contribution in [0.2, 0.25) is 0 Å². The summed E-state index contributed by atoms with van der Waals surface area (Å²) in [5, 5.41) is 5.59. The normalized spacial score (nSPS) is 26.1. The Morgan fingerprint density at radius 2 is 1.62 bits per heavy atom. The molecule has 1 aliphatic carbocycles. The van der Waals surface area contributed by atoms with Crippen LogP contribution in [0, 0.1) is 5.92 Å². The molecule has 1 saturated heterocycles. The van der Waals surface area contributed by atoms with Gasteiger partial charge in [-0.3, -0.25) is 9.69 Å².